The number of aromatic nitrogens is 1. The van der Waals surface area contributed by atoms with E-state index in [1.54, 1.807) is 24.3 Å². The Balaban J connectivity index is 1.69. The largest absolute Gasteiger partial charge is 0.495 e. The number of hydrogen-bond donors (Lipinski definition) is 0. The van der Waals surface area contributed by atoms with E-state index >= 15 is 0 Å². The lowest BCUT2D eigenvalue weighted by Gasteiger charge is -2.15. The first-order valence-electron chi connectivity index (χ1n) is 9.47. The molecule has 0 aliphatic carbocycles. The van der Waals surface area contributed by atoms with Crippen molar-refractivity contribution in [2.45, 2.75) is 13.8 Å². The zero-order valence-corrected chi connectivity index (χ0v) is 21.2. The lowest BCUT2D eigenvalue weighted by atomic mass is 10.2. The van der Waals surface area contributed by atoms with Crippen LogP contribution in [0.2, 0.25) is 15.1 Å². The molecular weight excluding hydrogens is 507 g/mol. The third kappa shape index (κ3) is 4.18. The van der Waals surface area contributed by atoms with Crippen molar-refractivity contribution in [1.29, 1.82) is 0 Å². The standard InChI is InChI=1S/C23H17Cl3N2O2S2/c1-12-8-14(13(2)27(12)15-4-6-17(24)18(25)10-15)9-21-22(29)28(23(31)32-21)16-5-7-20(30-3)19(26)11-16/h4-11H,1-3H3/b21-9-. The minimum absolute atomic E-state index is 0.194. The number of carbonyl (C=O) groups is 1. The molecule has 4 nitrogen and oxygen atoms in total. The molecule has 1 aliphatic rings. The van der Waals surface area contributed by atoms with E-state index in [0.29, 0.717) is 35.7 Å². The number of halogens is 3. The van der Waals surface area contributed by atoms with Gasteiger partial charge >= 0.3 is 0 Å². The number of hydrogen-bond acceptors (Lipinski definition) is 4. The molecule has 164 valence electrons. The molecule has 1 aliphatic heterocycles. The number of rotatable bonds is 4. The molecule has 0 radical (unpaired) electrons. The van der Waals surface area contributed by atoms with Crippen LogP contribution >= 0.6 is 58.8 Å². The van der Waals surface area contributed by atoms with Crippen LogP contribution in [0.25, 0.3) is 11.8 Å². The Morgan fingerprint density at radius 3 is 2.31 bits per heavy atom. The smallest absolute Gasteiger partial charge is 0.270 e. The van der Waals surface area contributed by atoms with Gasteiger partial charge in [0.15, 0.2) is 4.32 Å². The zero-order chi connectivity index (χ0) is 23.2. The van der Waals surface area contributed by atoms with E-state index < -0.39 is 0 Å². The lowest BCUT2D eigenvalue weighted by molar-refractivity contribution is -0.113. The number of thiocarbonyl (C=S) groups is 1. The van der Waals surface area contributed by atoms with Gasteiger partial charge in [-0.05, 0) is 68.0 Å². The SMILES string of the molecule is COc1ccc(N2C(=O)/C(=C/c3cc(C)n(-c4ccc(Cl)c(Cl)c4)c3C)SC2=S)cc1Cl. The van der Waals surface area contributed by atoms with Gasteiger partial charge in [0, 0.05) is 17.1 Å². The Morgan fingerprint density at radius 1 is 0.969 bits per heavy atom. The first-order valence-corrected chi connectivity index (χ1v) is 11.8. The van der Waals surface area contributed by atoms with Crippen LogP contribution in [0, 0.1) is 13.8 Å². The third-order valence-electron chi connectivity index (χ3n) is 5.11. The van der Waals surface area contributed by atoms with Crippen molar-refractivity contribution >= 4 is 80.8 Å². The van der Waals surface area contributed by atoms with Crippen molar-refractivity contribution in [3.63, 3.8) is 0 Å². The first-order chi connectivity index (χ1) is 15.2. The van der Waals surface area contributed by atoms with E-state index in [1.165, 1.54) is 23.8 Å². The Hall–Kier alpha value is -1.96. The van der Waals surface area contributed by atoms with Crippen molar-refractivity contribution < 1.29 is 9.53 Å². The van der Waals surface area contributed by atoms with Gasteiger partial charge in [-0.25, -0.2) is 0 Å². The molecular formula is C23H17Cl3N2O2S2. The van der Waals surface area contributed by atoms with E-state index in [4.69, 9.17) is 51.8 Å². The Labute approximate surface area is 210 Å². The predicted octanol–water partition coefficient (Wildman–Crippen LogP) is 7.47. The summed E-state index contributed by atoms with van der Waals surface area (Å²) >= 11 is 25.3. The van der Waals surface area contributed by atoms with E-state index in [9.17, 15) is 4.79 Å². The van der Waals surface area contributed by atoms with Gasteiger partial charge in [0.1, 0.15) is 5.75 Å². The summed E-state index contributed by atoms with van der Waals surface area (Å²) in [5, 5.41) is 1.39. The van der Waals surface area contributed by atoms with Crippen LogP contribution in [-0.4, -0.2) is 21.9 Å². The second-order valence-electron chi connectivity index (χ2n) is 7.10. The van der Waals surface area contributed by atoms with Gasteiger partial charge in [0.2, 0.25) is 0 Å². The van der Waals surface area contributed by atoms with Gasteiger partial charge in [-0.15, -0.1) is 0 Å². The molecule has 2 aromatic carbocycles. The summed E-state index contributed by atoms with van der Waals surface area (Å²) in [6.07, 6.45) is 1.86. The molecule has 0 N–H and O–H groups in total. The summed E-state index contributed by atoms with van der Waals surface area (Å²) in [4.78, 5) is 15.2. The number of nitrogens with zero attached hydrogens (tertiary/aromatic N) is 2. The third-order valence-corrected chi connectivity index (χ3v) is 7.44. The Bertz CT molecular complexity index is 1300. The minimum Gasteiger partial charge on any atom is -0.495 e. The summed E-state index contributed by atoms with van der Waals surface area (Å²) in [6.45, 7) is 3.99. The molecule has 3 aromatic rings. The van der Waals surface area contributed by atoms with Crippen LogP contribution in [0.1, 0.15) is 17.0 Å². The highest BCUT2D eigenvalue weighted by molar-refractivity contribution is 8.27. The van der Waals surface area contributed by atoms with Gasteiger partial charge in [-0.2, -0.15) is 0 Å². The monoisotopic (exact) mass is 522 g/mol. The van der Waals surface area contributed by atoms with Gasteiger partial charge < -0.3 is 9.30 Å². The van der Waals surface area contributed by atoms with Crippen molar-refractivity contribution in [3.8, 4) is 11.4 Å². The van der Waals surface area contributed by atoms with Crippen LogP contribution in [0.4, 0.5) is 5.69 Å². The second kappa shape index (κ2) is 9.12. The van der Waals surface area contributed by atoms with Gasteiger partial charge in [0.25, 0.3) is 5.91 Å². The average molecular weight is 524 g/mol. The van der Waals surface area contributed by atoms with Crippen molar-refractivity contribution in [2.75, 3.05) is 12.0 Å². The van der Waals surface area contributed by atoms with Crippen LogP contribution < -0.4 is 9.64 Å². The number of methoxy groups -OCH3 is 1. The predicted molar refractivity (Wildman–Crippen MR) is 139 cm³/mol. The topological polar surface area (TPSA) is 34.5 Å². The minimum atomic E-state index is -0.194. The number of thioether (sulfide) groups is 1. The summed E-state index contributed by atoms with van der Waals surface area (Å²) < 4.78 is 7.70. The van der Waals surface area contributed by atoms with Crippen molar-refractivity contribution in [2.24, 2.45) is 0 Å². The quantitative estimate of drug-likeness (QED) is 0.262. The number of aryl methyl sites for hydroxylation is 1. The van der Waals surface area contributed by atoms with Gasteiger partial charge in [0.05, 0.1) is 32.8 Å². The van der Waals surface area contributed by atoms with Gasteiger partial charge in [-0.3, -0.25) is 9.69 Å². The molecule has 4 rings (SSSR count). The number of carbonyl (C=O) groups excluding carboxylic acids is 1. The number of anilines is 1. The summed E-state index contributed by atoms with van der Waals surface area (Å²) in [5.41, 5.74) is 4.39. The number of amides is 1. The van der Waals surface area contributed by atoms with Crippen molar-refractivity contribution in [1.82, 2.24) is 4.57 Å². The molecule has 1 saturated heterocycles. The number of benzene rings is 2. The van der Waals surface area contributed by atoms with E-state index in [1.807, 2.05) is 38.1 Å². The van der Waals surface area contributed by atoms with E-state index in [2.05, 4.69) is 4.57 Å². The average Bonchev–Trinajstić information content (AvgIpc) is 3.18. The van der Waals surface area contributed by atoms with Crippen LogP contribution in [0.3, 0.4) is 0 Å². The molecule has 0 saturated carbocycles. The molecule has 32 heavy (non-hydrogen) atoms. The fraction of sp³-hybridized carbons (Fsp3) is 0.130. The molecule has 0 atom stereocenters. The fourth-order valence-corrected chi connectivity index (χ4v) is 5.42. The summed E-state index contributed by atoms with van der Waals surface area (Å²) in [5.74, 6) is 0.340. The lowest BCUT2D eigenvalue weighted by Crippen LogP contribution is -2.27. The maximum absolute atomic E-state index is 13.2. The van der Waals surface area contributed by atoms with E-state index in [0.717, 1.165) is 22.6 Å². The summed E-state index contributed by atoms with van der Waals surface area (Å²) in [7, 11) is 1.54. The Kier molecular flexibility index (Phi) is 6.61. The fourth-order valence-electron chi connectivity index (χ4n) is 3.58. The van der Waals surface area contributed by atoms with Crippen LogP contribution in [0.15, 0.2) is 47.4 Å². The highest BCUT2D eigenvalue weighted by Crippen LogP contribution is 2.39. The molecule has 0 bridgehead atoms. The molecule has 9 heteroatoms. The maximum Gasteiger partial charge on any atom is 0.270 e. The molecule has 1 fully saturated rings. The van der Waals surface area contributed by atoms with Gasteiger partial charge in [-0.1, -0.05) is 58.8 Å². The highest BCUT2D eigenvalue weighted by atomic mass is 35.5. The Morgan fingerprint density at radius 2 is 1.66 bits per heavy atom. The number of ether oxygens (including phenoxy) is 1. The molecule has 1 amide bonds. The highest BCUT2D eigenvalue weighted by Gasteiger charge is 2.34. The maximum atomic E-state index is 13.2. The zero-order valence-electron chi connectivity index (χ0n) is 17.3. The summed E-state index contributed by atoms with van der Waals surface area (Å²) in [6, 6.07) is 12.7. The molecule has 0 spiro atoms. The molecule has 0 unspecified atom stereocenters. The molecule has 2 heterocycles. The normalized spacial score (nSPS) is 15.2. The van der Waals surface area contributed by atoms with Crippen LogP contribution in [-0.2, 0) is 4.79 Å². The molecule has 1 aromatic heterocycles. The van der Waals surface area contributed by atoms with E-state index in [-0.39, 0.29) is 5.91 Å². The first kappa shape index (κ1) is 23.2. The van der Waals surface area contributed by atoms with Crippen molar-refractivity contribution in [3.05, 3.63) is 79.4 Å². The second-order valence-corrected chi connectivity index (χ2v) is 9.99. The van der Waals surface area contributed by atoms with Crippen LogP contribution in [0.5, 0.6) is 5.75 Å².